The number of hydrogen-bond acceptors (Lipinski definition) is 5. The van der Waals surface area contributed by atoms with Crippen LogP contribution in [0.2, 0.25) is 0 Å². The van der Waals surface area contributed by atoms with Gasteiger partial charge in [0.15, 0.2) is 5.82 Å². The lowest BCUT2D eigenvalue weighted by molar-refractivity contribution is -0.117. The average Bonchev–Trinajstić information content (AvgIpc) is 3.32. The van der Waals surface area contributed by atoms with Gasteiger partial charge in [0.25, 0.3) is 5.91 Å². The van der Waals surface area contributed by atoms with Crippen LogP contribution in [0.1, 0.15) is 85.9 Å². The Balaban J connectivity index is 1.40. The zero-order valence-electron chi connectivity index (χ0n) is 19.9. The first-order valence-electron chi connectivity index (χ1n) is 12.3. The van der Waals surface area contributed by atoms with Crippen LogP contribution in [0.15, 0.2) is 42.7 Å². The van der Waals surface area contributed by atoms with Gasteiger partial charge < -0.3 is 10.1 Å². The predicted molar refractivity (Wildman–Crippen MR) is 136 cm³/mol. The molecular formula is C27H32N4O2S. The molecule has 0 bridgehead atoms. The molecule has 2 aliphatic rings. The first-order chi connectivity index (χ1) is 16.6. The minimum atomic E-state index is -0.528. The molecule has 1 aliphatic heterocycles. The molecule has 1 unspecified atom stereocenters. The number of nitrogens with zero attached hydrogens (tertiary/aromatic N) is 2. The summed E-state index contributed by atoms with van der Waals surface area (Å²) in [6.07, 6.45) is 9.40. The third-order valence-corrected chi connectivity index (χ3v) is 8.07. The fourth-order valence-corrected chi connectivity index (χ4v) is 5.86. The molecule has 1 fully saturated rings. The Hall–Kier alpha value is -2.93. The van der Waals surface area contributed by atoms with Gasteiger partial charge >= 0.3 is 0 Å². The van der Waals surface area contributed by atoms with Crippen LogP contribution in [0, 0.1) is 0 Å². The number of ether oxygens (including phenoxy) is 1. The van der Waals surface area contributed by atoms with Crippen LogP contribution in [0.4, 0.5) is 0 Å². The number of carbonyl (C=O) groups is 1. The number of benzene rings is 1. The van der Waals surface area contributed by atoms with E-state index in [0.717, 1.165) is 34.8 Å². The number of rotatable bonds is 10. The fraction of sp³-hybridized carbons (Fsp3) is 0.444. The summed E-state index contributed by atoms with van der Waals surface area (Å²) in [5.41, 5.74) is 2.15. The van der Waals surface area contributed by atoms with Gasteiger partial charge in [-0.15, -0.1) is 11.3 Å². The van der Waals surface area contributed by atoms with Crippen molar-refractivity contribution in [2.45, 2.75) is 70.3 Å². The average molecular weight is 477 g/mol. The quantitative estimate of drug-likeness (QED) is 0.349. The summed E-state index contributed by atoms with van der Waals surface area (Å²) in [5, 5.41) is 10.1. The summed E-state index contributed by atoms with van der Waals surface area (Å²) >= 11 is 1.81. The number of aromatic nitrogens is 3. The molecule has 0 radical (unpaired) electrons. The molecule has 7 heteroatoms. The molecule has 1 aromatic carbocycles. The van der Waals surface area contributed by atoms with E-state index in [4.69, 9.17) is 4.74 Å². The van der Waals surface area contributed by atoms with Crippen LogP contribution in [0.5, 0.6) is 5.75 Å². The Morgan fingerprint density at radius 1 is 1.12 bits per heavy atom. The van der Waals surface area contributed by atoms with Crippen molar-refractivity contribution in [3.63, 3.8) is 0 Å². The summed E-state index contributed by atoms with van der Waals surface area (Å²) < 4.78 is 5.92. The van der Waals surface area contributed by atoms with Gasteiger partial charge in [-0.05, 0) is 67.5 Å². The summed E-state index contributed by atoms with van der Waals surface area (Å²) in [6.45, 7) is 5.05. The molecule has 2 N–H and O–H groups in total. The van der Waals surface area contributed by atoms with Crippen molar-refractivity contribution in [1.29, 1.82) is 0 Å². The highest BCUT2D eigenvalue weighted by atomic mass is 32.1. The maximum Gasteiger partial charge on any atom is 0.256 e. The van der Waals surface area contributed by atoms with E-state index in [0.29, 0.717) is 23.7 Å². The molecule has 1 amide bonds. The Kier molecular flexibility index (Phi) is 6.55. The van der Waals surface area contributed by atoms with Crippen LogP contribution in [-0.4, -0.2) is 27.7 Å². The Morgan fingerprint density at radius 2 is 1.94 bits per heavy atom. The fourth-order valence-electron chi connectivity index (χ4n) is 4.64. The highest BCUT2D eigenvalue weighted by molar-refractivity contribution is 7.13. The van der Waals surface area contributed by atoms with Crippen molar-refractivity contribution < 1.29 is 9.53 Å². The molecule has 0 spiro atoms. The first kappa shape index (κ1) is 22.8. The maximum atomic E-state index is 13.4. The summed E-state index contributed by atoms with van der Waals surface area (Å²) in [7, 11) is 0. The highest BCUT2D eigenvalue weighted by Crippen LogP contribution is 2.47. The minimum Gasteiger partial charge on any atom is -0.494 e. The van der Waals surface area contributed by atoms with E-state index in [1.165, 1.54) is 43.3 Å². The monoisotopic (exact) mass is 476 g/mol. The number of nitrogens with one attached hydrogen (secondary N) is 2. The van der Waals surface area contributed by atoms with Crippen molar-refractivity contribution in [2.24, 2.45) is 0 Å². The predicted octanol–water partition coefficient (Wildman–Crippen LogP) is 6.05. The van der Waals surface area contributed by atoms with E-state index < -0.39 is 5.54 Å². The highest BCUT2D eigenvalue weighted by Gasteiger charge is 2.39. The van der Waals surface area contributed by atoms with E-state index in [1.807, 2.05) is 12.1 Å². The van der Waals surface area contributed by atoms with E-state index in [2.05, 4.69) is 58.6 Å². The van der Waals surface area contributed by atoms with Gasteiger partial charge in [0, 0.05) is 16.2 Å². The van der Waals surface area contributed by atoms with Gasteiger partial charge in [-0.3, -0.25) is 9.89 Å². The van der Waals surface area contributed by atoms with Gasteiger partial charge in [-0.2, -0.15) is 5.10 Å². The number of unbranched alkanes of at least 4 members (excludes halogenated alkanes) is 3. The van der Waals surface area contributed by atoms with Crippen LogP contribution >= 0.6 is 11.3 Å². The second-order valence-electron chi connectivity index (χ2n) is 9.56. The molecule has 1 saturated carbocycles. The second-order valence-corrected chi connectivity index (χ2v) is 10.7. The van der Waals surface area contributed by atoms with Gasteiger partial charge in [0.05, 0.1) is 17.7 Å². The Bertz CT molecular complexity index is 1160. The minimum absolute atomic E-state index is 0.127. The Morgan fingerprint density at radius 3 is 2.65 bits per heavy atom. The van der Waals surface area contributed by atoms with E-state index in [9.17, 15) is 4.79 Å². The molecule has 178 valence electrons. The van der Waals surface area contributed by atoms with Crippen molar-refractivity contribution in [2.75, 3.05) is 6.61 Å². The number of aromatic amines is 1. The number of carbonyl (C=O) groups excluding carboxylic acids is 1. The molecule has 2 aromatic heterocycles. The van der Waals surface area contributed by atoms with E-state index in [-0.39, 0.29) is 5.91 Å². The number of amides is 1. The lowest BCUT2D eigenvalue weighted by Gasteiger charge is -2.37. The molecule has 0 saturated heterocycles. The first-order valence-corrected chi connectivity index (χ1v) is 13.1. The molecule has 5 rings (SSSR count). The van der Waals surface area contributed by atoms with Crippen molar-refractivity contribution in [3.05, 3.63) is 63.9 Å². The van der Waals surface area contributed by atoms with Crippen LogP contribution in [0.25, 0.3) is 11.1 Å². The zero-order chi connectivity index (χ0) is 23.5. The molecule has 6 nitrogen and oxygen atoms in total. The molecule has 1 atom stereocenters. The lowest BCUT2D eigenvalue weighted by atomic mass is 9.80. The standard InChI is InChI=1S/C27H32N4O2S/c1-3-4-5-6-15-33-20-11-9-19(10-12-20)27(2)16-21(23-14-13-22(34-23)18-7-8-18)24(26(32)30-27)25-28-17-29-31-25/h9-14,17-18H,3-8,15-16H2,1-2H3,(H,30,32)(H,28,29,31). The van der Waals surface area contributed by atoms with Crippen molar-refractivity contribution in [1.82, 2.24) is 20.5 Å². The SMILES string of the molecule is CCCCCCOc1ccc(C2(C)CC(c3ccc(C4CC4)s3)=C(c3ncn[nH]3)C(=O)N2)cc1. The lowest BCUT2D eigenvalue weighted by Crippen LogP contribution is -2.47. The molecule has 1 aliphatic carbocycles. The number of thiophene rings is 1. The van der Waals surface area contributed by atoms with Crippen LogP contribution in [0.3, 0.4) is 0 Å². The summed E-state index contributed by atoms with van der Waals surface area (Å²) in [6, 6.07) is 12.6. The van der Waals surface area contributed by atoms with Gasteiger partial charge in [0.1, 0.15) is 12.1 Å². The molecule has 3 aromatic rings. The van der Waals surface area contributed by atoms with Gasteiger partial charge in [0.2, 0.25) is 0 Å². The normalized spacial score (nSPS) is 20.5. The maximum absolute atomic E-state index is 13.4. The number of H-pyrrole nitrogens is 1. The van der Waals surface area contributed by atoms with Crippen LogP contribution in [-0.2, 0) is 10.3 Å². The molecule has 3 heterocycles. The van der Waals surface area contributed by atoms with E-state index in [1.54, 1.807) is 11.3 Å². The molecule has 34 heavy (non-hydrogen) atoms. The smallest absolute Gasteiger partial charge is 0.256 e. The van der Waals surface area contributed by atoms with Crippen molar-refractivity contribution >= 4 is 28.4 Å². The van der Waals surface area contributed by atoms with Gasteiger partial charge in [-0.25, -0.2) is 4.98 Å². The zero-order valence-corrected chi connectivity index (χ0v) is 20.7. The van der Waals surface area contributed by atoms with Gasteiger partial charge in [-0.1, -0.05) is 38.3 Å². The molecular weight excluding hydrogens is 444 g/mol. The number of hydrogen-bond donors (Lipinski definition) is 2. The van der Waals surface area contributed by atoms with Crippen LogP contribution < -0.4 is 10.1 Å². The topological polar surface area (TPSA) is 79.9 Å². The van der Waals surface area contributed by atoms with Crippen molar-refractivity contribution in [3.8, 4) is 5.75 Å². The van der Waals surface area contributed by atoms with E-state index >= 15 is 0 Å². The summed E-state index contributed by atoms with van der Waals surface area (Å²) in [5.74, 6) is 1.95. The summed E-state index contributed by atoms with van der Waals surface area (Å²) in [4.78, 5) is 20.3. The third-order valence-electron chi connectivity index (χ3n) is 6.76. The Labute approximate surface area is 204 Å². The second kappa shape index (κ2) is 9.74. The third kappa shape index (κ3) is 4.80. The largest absolute Gasteiger partial charge is 0.494 e.